The Bertz CT molecular complexity index is 864. The number of carbonyl (C=O) groups is 1. The summed E-state index contributed by atoms with van der Waals surface area (Å²) in [4.78, 5) is 19.3. The highest BCUT2D eigenvalue weighted by Gasteiger charge is 2.21. The van der Waals surface area contributed by atoms with Crippen LogP contribution in [0.2, 0.25) is 0 Å². The number of pyridine rings is 1. The molecule has 0 aliphatic carbocycles. The van der Waals surface area contributed by atoms with Gasteiger partial charge < -0.3 is 10.3 Å². The van der Waals surface area contributed by atoms with Gasteiger partial charge in [0.05, 0.1) is 11.4 Å². The number of hydrogen-bond acceptors (Lipinski definition) is 5. The van der Waals surface area contributed by atoms with E-state index in [1.54, 1.807) is 36.3 Å². The molecule has 2 aromatic heterocycles. The fourth-order valence-electron chi connectivity index (χ4n) is 2.25. The van der Waals surface area contributed by atoms with Crippen molar-refractivity contribution in [1.82, 2.24) is 10.1 Å². The lowest BCUT2D eigenvalue weighted by molar-refractivity contribution is 0.254. The van der Waals surface area contributed by atoms with E-state index >= 15 is 0 Å². The highest BCUT2D eigenvalue weighted by molar-refractivity contribution is 7.99. The summed E-state index contributed by atoms with van der Waals surface area (Å²) in [6, 6.07) is 12.5. The lowest BCUT2D eigenvalue weighted by Gasteiger charge is -2.17. The number of nitrogens with two attached hydrogens (primary N) is 1. The van der Waals surface area contributed by atoms with Crippen molar-refractivity contribution in [3.8, 4) is 0 Å². The van der Waals surface area contributed by atoms with Gasteiger partial charge in [0.2, 0.25) is 5.88 Å². The van der Waals surface area contributed by atoms with E-state index in [0.29, 0.717) is 11.6 Å². The van der Waals surface area contributed by atoms with Crippen LogP contribution in [0.4, 0.5) is 16.4 Å². The van der Waals surface area contributed by atoms with Gasteiger partial charge in [0.15, 0.2) is 0 Å². The summed E-state index contributed by atoms with van der Waals surface area (Å²) in [5.41, 5.74) is 6.96. The molecule has 0 radical (unpaired) electrons. The summed E-state index contributed by atoms with van der Waals surface area (Å²) >= 11 is 1.57. The van der Waals surface area contributed by atoms with Gasteiger partial charge in [-0.25, -0.2) is 9.69 Å². The summed E-state index contributed by atoms with van der Waals surface area (Å²) in [7, 11) is 0. The van der Waals surface area contributed by atoms with E-state index in [1.807, 2.05) is 44.2 Å². The minimum atomic E-state index is -0.627. The molecule has 0 bridgehead atoms. The fraction of sp³-hybridized carbons (Fsp3) is 0.167. The molecular formula is C18H18N4O2S. The average Bonchev–Trinajstić information content (AvgIpc) is 3.06. The monoisotopic (exact) mass is 354 g/mol. The van der Waals surface area contributed by atoms with Gasteiger partial charge in [0.1, 0.15) is 0 Å². The van der Waals surface area contributed by atoms with Crippen molar-refractivity contribution in [3.63, 3.8) is 0 Å². The van der Waals surface area contributed by atoms with Crippen LogP contribution < -0.4 is 10.6 Å². The van der Waals surface area contributed by atoms with Crippen LogP contribution in [0.1, 0.15) is 25.5 Å². The zero-order valence-electron chi connectivity index (χ0n) is 13.9. The van der Waals surface area contributed by atoms with Crippen LogP contribution in [0.5, 0.6) is 0 Å². The van der Waals surface area contributed by atoms with E-state index in [2.05, 4.69) is 10.1 Å². The Kier molecular flexibility index (Phi) is 5.04. The molecule has 0 aliphatic heterocycles. The molecule has 7 heteroatoms. The molecular weight excluding hydrogens is 336 g/mol. The maximum Gasteiger partial charge on any atom is 0.326 e. The predicted octanol–water partition coefficient (Wildman–Crippen LogP) is 4.56. The maximum absolute atomic E-state index is 12.0. The van der Waals surface area contributed by atoms with Crippen LogP contribution in [0.25, 0.3) is 0 Å². The number of amides is 2. The summed E-state index contributed by atoms with van der Waals surface area (Å²) in [5, 5.41) is 4.00. The van der Waals surface area contributed by atoms with Gasteiger partial charge >= 0.3 is 6.03 Å². The van der Waals surface area contributed by atoms with Crippen molar-refractivity contribution in [2.75, 3.05) is 4.90 Å². The van der Waals surface area contributed by atoms with Gasteiger partial charge in [-0.1, -0.05) is 36.8 Å². The summed E-state index contributed by atoms with van der Waals surface area (Å²) in [6.07, 6.45) is 3.48. The topological polar surface area (TPSA) is 85.2 Å². The molecule has 0 saturated heterocycles. The second-order valence-corrected chi connectivity index (χ2v) is 6.85. The molecule has 0 unspecified atom stereocenters. The smallest absolute Gasteiger partial charge is 0.326 e. The lowest BCUT2D eigenvalue weighted by Crippen LogP contribution is -2.31. The van der Waals surface area contributed by atoms with Gasteiger partial charge in [-0.15, -0.1) is 0 Å². The molecule has 3 rings (SSSR count). The molecule has 25 heavy (non-hydrogen) atoms. The van der Waals surface area contributed by atoms with E-state index in [0.717, 1.165) is 15.5 Å². The Morgan fingerprint density at radius 3 is 2.56 bits per heavy atom. The third-order valence-electron chi connectivity index (χ3n) is 3.51. The van der Waals surface area contributed by atoms with Gasteiger partial charge in [-0.3, -0.25) is 4.98 Å². The fourth-order valence-corrected chi connectivity index (χ4v) is 3.10. The van der Waals surface area contributed by atoms with Crippen molar-refractivity contribution in [3.05, 3.63) is 60.6 Å². The maximum atomic E-state index is 12.0. The Hall–Kier alpha value is -2.80. The zero-order valence-corrected chi connectivity index (χ0v) is 14.7. The van der Waals surface area contributed by atoms with E-state index in [9.17, 15) is 4.79 Å². The molecule has 1 aromatic carbocycles. The van der Waals surface area contributed by atoms with Crippen LogP contribution in [0, 0.1) is 0 Å². The number of carbonyl (C=O) groups excluding carboxylic acids is 1. The van der Waals surface area contributed by atoms with E-state index < -0.39 is 6.03 Å². The average molecular weight is 354 g/mol. The third-order valence-corrected chi connectivity index (χ3v) is 4.51. The van der Waals surface area contributed by atoms with Gasteiger partial charge in [-0.05, 0) is 36.2 Å². The Morgan fingerprint density at radius 1 is 1.16 bits per heavy atom. The van der Waals surface area contributed by atoms with Gasteiger partial charge in [0, 0.05) is 28.3 Å². The first-order valence-electron chi connectivity index (χ1n) is 7.78. The Morgan fingerprint density at radius 2 is 1.92 bits per heavy atom. The van der Waals surface area contributed by atoms with E-state index in [4.69, 9.17) is 10.3 Å². The minimum absolute atomic E-state index is 0.195. The number of aromatic nitrogens is 2. The molecule has 2 heterocycles. The molecule has 0 spiro atoms. The second kappa shape index (κ2) is 7.40. The number of benzene rings is 1. The van der Waals surface area contributed by atoms with Crippen molar-refractivity contribution in [2.45, 2.75) is 29.6 Å². The normalized spacial score (nSPS) is 10.8. The molecule has 0 saturated carbocycles. The predicted molar refractivity (Wildman–Crippen MR) is 97.1 cm³/mol. The highest BCUT2D eigenvalue weighted by Crippen LogP contribution is 2.33. The number of primary amides is 1. The SMILES string of the molecule is CC(C)c1cc(N(C(N)=O)c2cccc(Sc3ccncc3)c2)on1. The number of nitrogens with zero attached hydrogens (tertiary/aromatic N) is 3. The Labute approximate surface area is 150 Å². The first kappa shape index (κ1) is 17.0. The molecule has 3 aromatic rings. The molecule has 128 valence electrons. The van der Waals surface area contributed by atoms with Gasteiger partial charge in [-0.2, -0.15) is 0 Å². The minimum Gasteiger partial charge on any atom is -0.351 e. The lowest BCUT2D eigenvalue weighted by atomic mass is 10.1. The molecule has 0 aliphatic rings. The molecule has 6 nitrogen and oxygen atoms in total. The summed E-state index contributed by atoms with van der Waals surface area (Å²) < 4.78 is 5.32. The van der Waals surface area contributed by atoms with Crippen molar-refractivity contribution in [2.24, 2.45) is 5.73 Å². The molecule has 2 N–H and O–H groups in total. The number of hydrogen-bond donors (Lipinski definition) is 1. The van der Waals surface area contributed by atoms with Crippen molar-refractivity contribution in [1.29, 1.82) is 0 Å². The van der Waals surface area contributed by atoms with Gasteiger partial charge in [0.25, 0.3) is 0 Å². The number of urea groups is 1. The standard InChI is InChI=1S/C18H18N4O2S/c1-12(2)16-11-17(24-21-16)22(18(19)23)13-4-3-5-15(10-13)25-14-6-8-20-9-7-14/h3-12H,1-2H3,(H2,19,23). The summed E-state index contributed by atoms with van der Waals surface area (Å²) in [6.45, 7) is 4.00. The number of anilines is 2. The molecule has 0 fully saturated rings. The highest BCUT2D eigenvalue weighted by atomic mass is 32.2. The van der Waals surface area contributed by atoms with Crippen LogP contribution in [0.3, 0.4) is 0 Å². The second-order valence-electron chi connectivity index (χ2n) is 5.70. The van der Waals surface area contributed by atoms with Crippen molar-refractivity contribution >= 4 is 29.4 Å². The van der Waals surface area contributed by atoms with Crippen LogP contribution in [-0.4, -0.2) is 16.2 Å². The summed E-state index contributed by atoms with van der Waals surface area (Å²) in [5.74, 6) is 0.503. The van der Waals surface area contributed by atoms with E-state index in [-0.39, 0.29) is 5.92 Å². The van der Waals surface area contributed by atoms with Crippen LogP contribution in [-0.2, 0) is 0 Å². The third kappa shape index (κ3) is 4.00. The van der Waals surface area contributed by atoms with Crippen LogP contribution >= 0.6 is 11.8 Å². The molecule has 2 amide bonds. The quantitative estimate of drug-likeness (QED) is 0.726. The van der Waals surface area contributed by atoms with E-state index in [1.165, 1.54) is 4.90 Å². The Balaban J connectivity index is 1.91. The van der Waals surface area contributed by atoms with Crippen LogP contribution in [0.15, 0.2) is 69.2 Å². The largest absolute Gasteiger partial charge is 0.351 e. The molecule has 0 atom stereocenters. The van der Waals surface area contributed by atoms with Crippen molar-refractivity contribution < 1.29 is 9.32 Å². The number of rotatable bonds is 5. The first-order valence-corrected chi connectivity index (χ1v) is 8.60. The first-order chi connectivity index (χ1) is 12.0. The zero-order chi connectivity index (χ0) is 17.8.